The molecule has 0 aliphatic carbocycles. The molecule has 0 saturated heterocycles. The summed E-state index contributed by atoms with van der Waals surface area (Å²) in [5, 5.41) is 5.44. The average Bonchev–Trinajstić information content (AvgIpc) is 3.33. The van der Waals surface area contributed by atoms with Crippen LogP contribution in [0.1, 0.15) is 33.6 Å². The number of benzene rings is 2. The maximum absolute atomic E-state index is 13.6. The number of fused-ring (bicyclic) bond motifs is 3. The van der Waals surface area contributed by atoms with Crippen molar-refractivity contribution in [1.29, 1.82) is 0 Å². The van der Waals surface area contributed by atoms with E-state index in [1.165, 1.54) is 12.1 Å². The van der Waals surface area contributed by atoms with Crippen LogP contribution in [0.4, 0.5) is 4.39 Å². The molecule has 34 heavy (non-hydrogen) atoms. The number of carbonyl (C=O) groups excluding carboxylic acids is 1. The van der Waals surface area contributed by atoms with Crippen molar-refractivity contribution in [1.82, 2.24) is 10.3 Å². The van der Waals surface area contributed by atoms with E-state index < -0.39 is 5.63 Å². The third-order valence-electron chi connectivity index (χ3n) is 6.73. The number of furan rings is 1. The Hall–Kier alpha value is -3.87. The van der Waals surface area contributed by atoms with Crippen LogP contribution in [-0.4, -0.2) is 17.4 Å². The van der Waals surface area contributed by atoms with Gasteiger partial charge in [0.2, 0.25) is 5.91 Å². The molecular weight excluding hydrogens is 435 g/mol. The Morgan fingerprint density at radius 3 is 2.50 bits per heavy atom. The van der Waals surface area contributed by atoms with Gasteiger partial charge in [0.15, 0.2) is 0 Å². The molecule has 0 atom stereocenters. The first-order valence-electron chi connectivity index (χ1n) is 11.2. The van der Waals surface area contributed by atoms with E-state index in [-0.39, 0.29) is 18.1 Å². The SMILES string of the molecule is Cc1oc2c(C)c3oc(=O)c(CC(=O)NCCc4c[nH]c5ccc(F)cc45)c(C)c3cc2c1C. The standard InChI is InChI=1S/C27H25FN2O4/c1-13-16(4)33-25-15(3)26-20(10-19(13)25)14(2)21(27(32)34-26)11-24(31)29-8-7-17-12-30-23-6-5-18(28)9-22(17)23/h5-6,9-10,12,30H,7-8,11H2,1-4H3,(H,29,31). The summed E-state index contributed by atoms with van der Waals surface area (Å²) in [6.45, 7) is 7.99. The number of nitrogens with one attached hydrogen (secondary N) is 2. The lowest BCUT2D eigenvalue weighted by Gasteiger charge is -2.10. The van der Waals surface area contributed by atoms with Crippen LogP contribution in [0.15, 0.2) is 44.1 Å². The Balaban J connectivity index is 1.38. The summed E-state index contributed by atoms with van der Waals surface area (Å²) in [4.78, 5) is 28.5. The molecule has 0 spiro atoms. The van der Waals surface area contributed by atoms with Gasteiger partial charge in [0.1, 0.15) is 22.7 Å². The van der Waals surface area contributed by atoms with E-state index in [4.69, 9.17) is 8.83 Å². The Kier molecular flexibility index (Phi) is 5.27. The van der Waals surface area contributed by atoms with Crippen molar-refractivity contribution in [3.8, 4) is 0 Å². The Morgan fingerprint density at radius 1 is 0.971 bits per heavy atom. The smallest absolute Gasteiger partial charge is 0.340 e. The molecule has 174 valence electrons. The number of carbonyl (C=O) groups is 1. The Bertz CT molecular complexity index is 1660. The quantitative estimate of drug-likeness (QED) is 0.349. The van der Waals surface area contributed by atoms with E-state index in [9.17, 15) is 14.0 Å². The van der Waals surface area contributed by atoms with Gasteiger partial charge in [-0.3, -0.25) is 4.79 Å². The minimum Gasteiger partial charge on any atom is -0.461 e. The number of halogens is 1. The van der Waals surface area contributed by atoms with Gasteiger partial charge in [-0.25, -0.2) is 9.18 Å². The van der Waals surface area contributed by atoms with Gasteiger partial charge in [-0.1, -0.05) is 0 Å². The van der Waals surface area contributed by atoms with Gasteiger partial charge in [0.25, 0.3) is 0 Å². The molecule has 5 aromatic rings. The van der Waals surface area contributed by atoms with Gasteiger partial charge < -0.3 is 19.1 Å². The van der Waals surface area contributed by atoms with Crippen molar-refractivity contribution < 1.29 is 18.0 Å². The highest BCUT2D eigenvalue weighted by Gasteiger charge is 2.20. The Labute approximate surface area is 194 Å². The van der Waals surface area contributed by atoms with Crippen LogP contribution in [0.25, 0.3) is 32.8 Å². The second-order valence-corrected chi connectivity index (χ2v) is 8.81. The highest BCUT2D eigenvalue weighted by molar-refractivity contribution is 6.00. The van der Waals surface area contributed by atoms with Gasteiger partial charge >= 0.3 is 5.63 Å². The molecule has 0 radical (unpaired) electrons. The molecule has 0 fully saturated rings. The fraction of sp³-hybridized carbons (Fsp3) is 0.259. The van der Waals surface area contributed by atoms with Crippen molar-refractivity contribution in [2.45, 2.75) is 40.5 Å². The summed E-state index contributed by atoms with van der Waals surface area (Å²) in [6.07, 6.45) is 2.28. The number of aromatic nitrogens is 1. The lowest BCUT2D eigenvalue weighted by molar-refractivity contribution is -0.120. The van der Waals surface area contributed by atoms with Crippen molar-refractivity contribution >= 4 is 38.7 Å². The lowest BCUT2D eigenvalue weighted by Crippen LogP contribution is -2.29. The van der Waals surface area contributed by atoms with E-state index in [0.717, 1.165) is 49.7 Å². The number of H-pyrrole nitrogens is 1. The normalized spacial score (nSPS) is 11.7. The van der Waals surface area contributed by atoms with Crippen LogP contribution in [0.5, 0.6) is 0 Å². The monoisotopic (exact) mass is 460 g/mol. The zero-order valence-electron chi connectivity index (χ0n) is 19.5. The maximum Gasteiger partial charge on any atom is 0.340 e. The number of amides is 1. The highest BCUT2D eigenvalue weighted by Crippen LogP contribution is 2.34. The molecule has 0 aliphatic rings. The number of aromatic amines is 1. The molecule has 0 unspecified atom stereocenters. The highest BCUT2D eigenvalue weighted by atomic mass is 19.1. The number of aryl methyl sites for hydroxylation is 4. The third kappa shape index (κ3) is 3.57. The van der Waals surface area contributed by atoms with Crippen molar-refractivity contribution in [3.05, 3.63) is 80.3 Å². The number of rotatable bonds is 5. The summed E-state index contributed by atoms with van der Waals surface area (Å²) in [5.74, 6) is 0.254. The van der Waals surface area contributed by atoms with Crippen molar-refractivity contribution in [2.24, 2.45) is 0 Å². The number of hydrogen-bond acceptors (Lipinski definition) is 4. The molecular formula is C27H25FN2O4. The molecule has 0 bridgehead atoms. The minimum absolute atomic E-state index is 0.0763. The maximum atomic E-state index is 13.6. The van der Waals surface area contributed by atoms with Crippen LogP contribution >= 0.6 is 0 Å². The van der Waals surface area contributed by atoms with E-state index in [2.05, 4.69) is 10.3 Å². The van der Waals surface area contributed by atoms with Crippen LogP contribution in [-0.2, 0) is 17.6 Å². The topological polar surface area (TPSA) is 88.2 Å². The Morgan fingerprint density at radius 2 is 1.71 bits per heavy atom. The van der Waals surface area contributed by atoms with Crippen LogP contribution in [0.2, 0.25) is 0 Å². The van der Waals surface area contributed by atoms with E-state index >= 15 is 0 Å². The zero-order chi connectivity index (χ0) is 24.1. The number of hydrogen-bond donors (Lipinski definition) is 2. The molecule has 5 rings (SSSR count). The molecule has 3 aromatic heterocycles. The van der Waals surface area contributed by atoms with E-state index in [0.29, 0.717) is 29.7 Å². The molecule has 1 amide bonds. The van der Waals surface area contributed by atoms with E-state index in [1.54, 1.807) is 6.07 Å². The van der Waals surface area contributed by atoms with E-state index in [1.807, 2.05) is 40.0 Å². The van der Waals surface area contributed by atoms with Crippen LogP contribution < -0.4 is 10.9 Å². The van der Waals surface area contributed by atoms with Crippen molar-refractivity contribution in [2.75, 3.05) is 6.54 Å². The first-order chi connectivity index (χ1) is 16.2. The zero-order valence-corrected chi connectivity index (χ0v) is 19.5. The van der Waals surface area contributed by atoms with Gasteiger partial charge in [-0.15, -0.1) is 0 Å². The van der Waals surface area contributed by atoms with Crippen LogP contribution in [0, 0.1) is 33.5 Å². The average molecular weight is 461 g/mol. The van der Waals surface area contributed by atoms with Crippen LogP contribution in [0.3, 0.4) is 0 Å². The summed E-state index contributed by atoms with van der Waals surface area (Å²) >= 11 is 0. The summed E-state index contributed by atoms with van der Waals surface area (Å²) < 4.78 is 25.1. The largest absolute Gasteiger partial charge is 0.461 e. The van der Waals surface area contributed by atoms with Gasteiger partial charge in [0.05, 0.1) is 12.0 Å². The summed E-state index contributed by atoms with van der Waals surface area (Å²) in [6, 6.07) is 6.55. The molecule has 0 saturated carbocycles. The fourth-order valence-electron chi connectivity index (χ4n) is 4.61. The summed E-state index contributed by atoms with van der Waals surface area (Å²) in [7, 11) is 0. The second kappa shape index (κ2) is 8.17. The van der Waals surface area contributed by atoms with Gasteiger partial charge in [-0.05, 0) is 75.1 Å². The second-order valence-electron chi connectivity index (χ2n) is 8.81. The lowest BCUT2D eigenvalue weighted by atomic mass is 9.98. The predicted octanol–water partition coefficient (Wildman–Crippen LogP) is 5.29. The first kappa shape index (κ1) is 21.9. The molecule has 7 heteroatoms. The molecule has 2 N–H and O–H groups in total. The summed E-state index contributed by atoms with van der Waals surface area (Å²) in [5.41, 5.74) is 5.34. The fourth-order valence-corrected chi connectivity index (χ4v) is 4.61. The predicted molar refractivity (Wildman–Crippen MR) is 130 cm³/mol. The van der Waals surface area contributed by atoms with Crippen molar-refractivity contribution in [3.63, 3.8) is 0 Å². The minimum atomic E-state index is -0.519. The molecule has 6 nitrogen and oxygen atoms in total. The molecule has 0 aliphatic heterocycles. The van der Waals surface area contributed by atoms with Gasteiger partial charge in [-0.2, -0.15) is 0 Å². The van der Waals surface area contributed by atoms with Gasteiger partial charge in [0, 0.05) is 40.0 Å². The molecule has 2 aromatic carbocycles. The third-order valence-corrected chi connectivity index (χ3v) is 6.73. The first-order valence-corrected chi connectivity index (χ1v) is 11.2. The molecule has 3 heterocycles.